The molecule has 0 atom stereocenters. The third-order valence-electron chi connectivity index (χ3n) is 4.26. The Balaban J connectivity index is 1.77. The van der Waals surface area contributed by atoms with E-state index >= 15 is 0 Å². The van der Waals surface area contributed by atoms with Crippen LogP contribution in [0.25, 0.3) is 0 Å². The van der Waals surface area contributed by atoms with Crippen LogP contribution in [-0.4, -0.2) is 24.3 Å². The molecule has 0 aromatic heterocycles. The van der Waals surface area contributed by atoms with Crippen LogP contribution >= 0.6 is 0 Å². The van der Waals surface area contributed by atoms with E-state index in [9.17, 15) is 14.4 Å². The molecule has 2 rings (SSSR count). The standard InChI is InChI=1S/C19H26N2O3/c1-2-3-4-5-6-7-14-20-19(24)15-8-10-16(11-9-15)21-17(22)12-13-18(21)23/h8-11H,2-7,12-14H2,1H3,(H,20,24). The number of imide groups is 1. The Kier molecular flexibility index (Phi) is 6.97. The lowest BCUT2D eigenvalue weighted by atomic mass is 10.1. The number of nitrogens with zero attached hydrogens (tertiary/aromatic N) is 1. The van der Waals surface area contributed by atoms with Crippen LogP contribution in [0.4, 0.5) is 5.69 Å². The maximum Gasteiger partial charge on any atom is 0.251 e. The summed E-state index contributed by atoms with van der Waals surface area (Å²) in [6.45, 7) is 2.87. The van der Waals surface area contributed by atoms with Gasteiger partial charge in [0.15, 0.2) is 0 Å². The van der Waals surface area contributed by atoms with Gasteiger partial charge in [-0.05, 0) is 30.7 Å². The number of hydrogen-bond acceptors (Lipinski definition) is 3. The summed E-state index contributed by atoms with van der Waals surface area (Å²) < 4.78 is 0. The van der Waals surface area contributed by atoms with Crippen molar-refractivity contribution in [1.82, 2.24) is 5.32 Å². The molecule has 0 bridgehead atoms. The molecule has 1 aliphatic heterocycles. The summed E-state index contributed by atoms with van der Waals surface area (Å²) in [7, 11) is 0. The summed E-state index contributed by atoms with van der Waals surface area (Å²) in [5.41, 5.74) is 1.08. The molecule has 130 valence electrons. The van der Waals surface area contributed by atoms with E-state index < -0.39 is 0 Å². The summed E-state index contributed by atoms with van der Waals surface area (Å²) in [4.78, 5) is 36.7. The largest absolute Gasteiger partial charge is 0.352 e. The van der Waals surface area contributed by atoms with Crippen molar-refractivity contribution in [3.8, 4) is 0 Å². The second-order valence-corrected chi connectivity index (χ2v) is 6.19. The number of amides is 3. The summed E-state index contributed by atoms with van der Waals surface area (Å²) >= 11 is 0. The molecular formula is C19H26N2O3. The minimum Gasteiger partial charge on any atom is -0.352 e. The predicted molar refractivity (Wildman–Crippen MR) is 93.9 cm³/mol. The molecule has 1 heterocycles. The third-order valence-corrected chi connectivity index (χ3v) is 4.26. The summed E-state index contributed by atoms with van der Waals surface area (Å²) in [5, 5.41) is 2.91. The lowest BCUT2D eigenvalue weighted by Gasteiger charge is -2.14. The van der Waals surface area contributed by atoms with E-state index in [1.54, 1.807) is 24.3 Å². The van der Waals surface area contributed by atoms with Crippen molar-refractivity contribution in [3.05, 3.63) is 29.8 Å². The van der Waals surface area contributed by atoms with Crippen LogP contribution in [0.1, 0.15) is 68.6 Å². The van der Waals surface area contributed by atoms with E-state index in [-0.39, 0.29) is 30.6 Å². The maximum atomic E-state index is 12.1. The number of carbonyl (C=O) groups is 3. The van der Waals surface area contributed by atoms with E-state index in [0.29, 0.717) is 17.8 Å². The van der Waals surface area contributed by atoms with Crippen LogP contribution in [0.2, 0.25) is 0 Å². The van der Waals surface area contributed by atoms with Gasteiger partial charge in [-0.15, -0.1) is 0 Å². The highest BCUT2D eigenvalue weighted by Gasteiger charge is 2.30. The van der Waals surface area contributed by atoms with Gasteiger partial charge in [0, 0.05) is 24.9 Å². The summed E-state index contributed by atoms with van der Waals surface area (Å²) in [6.07, 6.45) is 7.65. The number of unbranched alkanes of at least 4 members (excludes halogenated alkanes) is 5. The number of hydrogen-bond donors (Lipinski definition) is 1. The quantitative estimate of drug-likeness (QED) is 0.557. The van der Waals surface area contributed by atoms with Gasteiger partial charge in [0.05, 0.1) is 5.69 Å². The molecule has 5 heteroatoms. The van der Waals surface area contributed by atoms with Gasteiger partial charge in [0.1, 0.15) is 0 Å². The van der Waals surface area contributed by atoms with E-state index in [0.717, 1.165) is 12.8 Å². The normalized spacial score (nSPS) is 14.3. The molecule has 1 fully saturated rings. The second kappa shape index (κ2) is 9.21. The number of nitrogens with one attached hydrogen (secondary N) is 1. The highest BCUT2D eigenvalue weighted by molar-refractivity contribution is 6.19. The average molecular weight is 330 g/mol. The molecule has 1 aliphatic rings. The van der Waals surface area contributed by atoms with Gasteiger partial charge in [-0.3, -0.25) is 19.3 Å². The molecule has 0 spiro atoms. The number of rotatable bonds is 9. The minimum atomic E-state index is -0.180. The third kappa shape index (κ3) is 4.91. The molecular weight excluding hydrogens is 304 g/mol. The van der Waals surface area contributed by atoms with Crippen LogP contribution in [0.5, 0.6) is 0 Å². The molecule has 0 aliphatic carbocycles. The summed E-state index contributed by atoms with van der Waals surface area (Å²) in [5.74, 6) is -0.477. The van der Waals surface area contributed by atoms with Crippen LogP contribution in [0, 0.1) is 0 Å². The Bertz CT molecular complexity index is 565. The highest BCUT2D eigenvalue weighted by Crippen LogP contribution is 2.22. The van der Waals surface area contributed by atoms with Crippen LogP contribution in [0.15, 0.2) is 24.3 Å². The summed E-state index contributed by atoms with van der Waals surface area (Å²) in [6, 6.07) is 6.62. The Labute approximate surface area is 143 Å². The van der Waals surface area contributed by atoms with Crippen LogP contribution in [-0.2, 0) is 9.59 Å². The van der Waals surface area contributed by atoms with Crippen molar-refractivity contribution in [2.45, 2.75) is 58.3 Å². The highest BCUT2D eigenvalue weighted by atomic mass is 16.2. The zero-order valence-corrected chi connectivity index (χ0v) is 14.3. The van der Waals surface area contributed by atoms with Gasteiger partial charge < -0.3 is 5.32 Å². The monoisotopic (exact) mass is 330 g/mol. The van der Waals surface area contributed by atoms with Gasteiger partial charge in [-0.2, -0.15) is 0 Å². The molecule has 3 amide bonds. The molecule has 5 nitrogen and oxygen atoms in total. The topological polar surface area (TPSA) is 66.5 Å². The first-order valence-electron chi connectivity index (χ1n) is 8.87. The molecule has 1 aromatic rings. The number of carbonyl (C=O) groups excluding carboxylic acids is 3. The SMILES string of the molecule is CCCCCCCCNC(=O)c1ccc(N2C(=O)CCC2=O)cc1. The van der Waals surface area contributed by atoms with E-state index in [1.807, 2.05) is 0 Å². The average Bonchev–Trinajstić information content (AvgIpc) is 2.92. The smallest absolute Gasteiger partial charge is 0.251 e. The Morgan fingerprint density at radius 2 is 1.54 bits per heavy atom. The van der Waals surface area contributed by atoms with Gasteiger partial charge in [0.25, 0.3) is 5.91 Å². The first-order valence-corrected chi connectivity index (χ1v) is 8.87. The Morgan fingerprint density at radius 3 is 2.17 bits per heavy atom. The number of benzene rings is 1. The molecule has 0 unspecified atom stereocenters. The van der Waals surface area contributed by atoms with Crippen molar-refractivity contribution in [2.24, 2.45) is 0 Å². The van der Waals surface area contributed by atoms with Gasteiger partial charge in [-0.25, -0.2) is 0 Å². The Hall–Kier alpha value is -2.17. The van der Waals surface area contributed by atoms with E-state index in [4.69, 9.17) is 0 Å². The van der Waals surface area contributed by atoms with Crippen molar-refractivity contribution in [3.63, 3.8) is 0 Å². The van der Waals surface area contributed by atoms with E-state index in [2.05, 4.69) is 12.2 Å². The molecule has 24 heavy (non-hydrogen) atoms. The first-order chi connectivity index (χ1) is 11.6. The van der Waals surface area contributed by atoms with Crippen LogP contribution < -0.4 is 10.2 Å². The lowest BCUT2D eigenvalue weighted by molar-refractivity contribution is -0.121. The fourth-order valence-corrected chi connectivity index (χ4v) is 2.84. The minimum absolute atomic E-state index is 0.116. The van der Waals surface area contributed by atoms with Crippen molar-refractivity contribution >= 4 is 23.4 Å². The first kappa shape index (κ1) is 18.2. The fourth-order valence-electron chi connectivity index (χ4n) is 2.84. The zero-order chi connectivity index (χ0) is 17.4. The van der Waals surface area contributed by atoms with Gasteiger partial charge in [-0.1, -0.05) is 39.0 Å². The maximum absolute atomic E-state index is 12.1. The molecule has 1 N–H and O–H groups in total. The second-order valence-electron chi connectivity index (χ2n) is 6.19. The Morgan fingerprint density at radius 1 is 0.958 bits per heavy atom. The van der Waals surface area contributed by atoms with Gasteiger partial charge >= 0.3 is 0 Å². The molecule has 1 aromatic carbocycles. The van der Waals surface area contributed by atoms with Crippen molar-refractivity contribution < 1.29 is 14.4 Å². The zero-order valence-electron chi connectivity index (χ0n) is 14.3. The fraction of sp³-hybridized carbons (Fsp3) is 0.526. The van der Waals surface area contributed by atoms with Crippen molar-refractivity contribution in [2.75, 3.05) is 11.4 Å². The molecule has 0 radical (unpaired) electrons. The molecule has 0 saturated carbocycles. The number of anilines is 1. The lowest BCUT2D eigenvalue weighted by Crippen LogP contribution is -2.28. The predicted octanol–water partition coefficient (Wildman–Crippen LogP) is 3.43. The van der Waals surface area contributed by atoms with E-state index in [1.165, 1.54) is 30.6 Å². The van der Waals surface area contributed by atoms with Gasteiger partial charge in [0.2, 0.25) is 11.8 Å². The van der Waals surface area contributed by atoms with Crippen molar-refractivity contribution in [1.29, 1.82) is 0 Å². The molecule has 1 saturated heterocycles. The van der Waals surface area contributed by atoms with Crippen LogP contribution in [0.3, 0.4) is 0 Å².